The summed E-state index contributed by atoms with van der Waals surface area (Å²) in [6, 6.07) is 15.8. The van der Waals surface area contributed by atoms with Gasteiger partial charge in [0, 0.05) is 10.4 Å². The molecule has 26 heavy (non-hydrogen) atoms. The van der Waals surface area contributed by atoms with Gasteiger partial charge < -0.3 is 9.74 Å². The monoisotopic (exact) mass is 387 g/mol. The number of carbonyl (C=O) groups excluding carboxylic acids is 2. The topological polar surface area (TPSA) is 55.4 Å². The summed E-state index contributed by atoms with van der Waals surface area (Å²) in [5.74, 6) is -0.286. The molecule has 0 unspecified atom stereocenters. The van der Waals surface area contributed by atoms with Crippen molar-refractivity contribution in [3.8, 4) is 0 Å². The summed E-state index contributed by atoms with van der Waals surface area (Å²) in [6.45, 7) is 6.38. The molecule has 0 saturated carbocycles. The molecule has 1 N–H and O–H groups in total. The number of hydrogen-bond acceptors (Lipinski definition) is 4. The number of thiophene rings is 1. The van der Waals surface area contributed by atoms with Crippen LogP contribution in [0.1, 0.15) is 36.0 Å². The van der Waals surface area contributed by atoms with Crippen LogP contribution in [0.15, 0.2) is 47.8 Å². The van der Waals surface area contributed by atoms with E-state index in [-0.39, 0.29) is 11.7 Å². The second kappa shape index (κ2) is 7.46. The van der Waals surface area contributed by atoms with Crippen LogP contribution >= 0.6 is 11.3 Å². The van der Waals surface area contributed by atoms with Gasteiger partial charge in [-0.15, -0.1) is 11.3 Å². The van der Waals surface area contributed by atoms with Crippen molar-refractivity contribution in [2.75, 3.05) is 0 Å². The number of nitrogens with one attached hydrogen (secondary N) is 1. The molecule has 6 heteroatoms. The number of benzene rings is 1. The third kappa shape index (κ3) is 2.96. The Morgan fingerprint density at radius 2 is 1.77 bits per heavy atom. The van der Waals surface area contributed by atoms with Gasteiger partial charge in [-0.1, -0.05) is 57.2 Å². The van der Waals surface area contributed by atoms with Crippen molar-refractivity contribution >= 4 is 31.3 Å². The van der Waals surface area contributed by atoms with Gasteiger partial charge >= 0.3 is 0 Å². The molecule has 1 fully saturated rings. The van der Waals surface area contributed by atoms with Crippen LogP contribution in [0.3, 0.4) is 0 Å². The van der Waals surface area contributed by atoms with E-state index in [0.717, 1.165) is 23.0 Å². The van der Waals surface area contributed by atoms with Crippen LogP contribution in [0.25, 0.3) is 0 Å². The van der Waals surface area contributed by atoms with E-state index in [9.17, 15) is 9.59 Å². The molecule has 3 rings (SSSR count). The molecule has 138 valence electrons. The Balaban J connectivity index is 2.05. The standard InChI is InChI=1S/C20H25NO3SSi/c1-4-26(5-2,6-3)24-18-19(23)21-20(18,16-13-10-14-25-16)17(22)15-11-8-7-9-12-15/h7-14,18H,4-6H2,1-3H3,(H,21,23)/t18-,20+/m0/s1. The largest absolute Gasteiger partial charge is 0.402 e. The smallest absolute Gasteiger partial charge is 0.252 e. The minimum Gasteiger partial charge on any atom is -0.402 e. The van der Waals surface area contributed by atoms with Gasteiger partial charge in [-0.3, -0.25) is 9.59 Å². The van der Waals surface area contributed by atoms with Crippen molar-refractivity contribution in [3.05, 3.63) is 58.3 Å². The highest BCUT2D eigenvalue weighted by atomic mass is 32.1. The number of rotatable bonds is 8. The fourth-order valence-corrected chi connectivity index (χ4v) is 7.32. The molecule has 4 nitrogen and oxygen atoms in total. The summed E-state index contributed by atoms with van der Waals surface area (Å²) < 4.78 is 6.53. The van der Waals surface area contributed by atoms with Crippen molar-refractivity contribution < 1.29 is 14.0 Å². The number of carbonyl (C=O) groups is 2. The molecule has 0 bridgehead atoms. The maximum atomic E-state index is 13.5. The fraction of sp³-hybridized carbons (Fsp3) is 0.400. The zero-order valence-electron chi connectivity index (χ0n) is 15.5. The first kappa shape index (κ1) is 19.0. The van der Waals surface area contributed by atoms with Crippen molar-refractivity contribution in [1.29, 1.82) is 0 Å². The van der Waals surface area contributed by atoms with Gasteiger partial charge in [-0.2, -0.15) is 0 Å². The van der Waals surface area contributed by atoms with E-state index in [0.29, 0.717) is 5.56 Å². The number of β-lactam (4-membered cyclic amide) rings is 1. The summed E-state index contributed by atoms with van der Waals surface area (Å²) >= 11 is 1.48. The Hall–Kier alpha value is -1.76. The molecule has 1 saturated heterocycles. The average Bonchev–Trinajstić information content (AvgIpc) is 3.22. The molecular formula is C20H25NO3SSi. The number of amides is 1. The fourth-order valence-electron chi connectivity index (χ4n) is 3.63. The van der Waals surface area contributed by atoms with Gasteiger partial charge in [0.05, 0.1) is 0 Å². The number of ketones is 1. The number of Topliss-reactive ketones (excluding diaryl/α,β-unsaturated/α-hetero) is 1. The van der Waals surface area contributed by atoms with Crippen LogP contribution < -0.4 is 5.32 Å². The summed E-state index contributed by atoms with van der Waals surface area (Å²) in [5.41, 5.74) is -0.518. The Labute approximate surface area is 159 Å². The molecule has 2 atom stereocenters. The van der Waals surface area contributed by atoms with E-state index in [1.54, 1.807) is 12.1 Å². The predicted molar refractivity (Wildman–Crippen MR) is 107 cm³/mol. The van der Waals surface area contributed by atoms with E-state index in [4.69, 9.17) is 4.43 Å². The van der Waals surface area contributed by atoms with Gasteiger partial charge in [-0.05, 0) is 29.6 Å². The van der Waals surface area contributed by atoms with Crippen molar-refractivity contribution in [2.45, 2.75) is 50.5 Å². The lowest BCUT2D eigenvalue weighted by Gasteiger charge is -2.50. The molecular weight excluding hydrogens is 362 g/mol. The second-order valence-corrected chi connectivity index (χ2v) is 12.4. The molecule has 1 aromatic heterocycles. The summed E-state index contributed by atoms with van der Waals surface area (Å²) in [7, 11) is -2.05. The van der Waals surface area contributed by atoms with Crippen LogP contribution in [0.5, 0.6) is 0 Å². The first-order valence-electron chi connectivity index (χ1n) is 9.16. The highest BCUT2D eigenvalue weighted by Crippen LogP contribution is 2.42. The lowest BCUT2D eigenvalue weighted by atomic mass is 9.76. The Morgan fingerprint density at radius 3 is 2.27 bits per heavy atom. The summed E-state index contributed by atoms with van der Waals surface area (Å²) in [5, 5.41) is 4.85. The van der Waals surface area contributed by atoms with Gasteiger partial charge in [0.1, 0.15) is 0 Å². The highest BCUT2D eigenvalue weighted by Gasteiger charge is 2.62. The maximum Gasteiger partial charge on any atom is 0.252 e. The van der Waals surface area contributed by atoms with E-state index < -0.39 is 20.0 Å². The van der Waals surface area contributed by atoms with E-state index in [1.807, 2.05) is 35.7 Å². The van der Waals surface area contributed by atoms with Crippen LogP contribution in [-0.4, -0.2) is 26.1 Å². The normalized spacial score (nSPS) is 22.6. The van der Waals surface area contributed by atoms with Gasteiger partial charge in [0.15, 0.2) is 25.7 Å². The molecule has 1 aliphatic heterocycles. The third-order valence-electron chi connectivity index (χ3n) is 5.56. The lowest BCUT2D eigenvalue weighted by molar-refractivity contribution is -0.146. The molecule has 1 aromatic carbocycles. The van der Waals surface area contributed by atoms with E-state index in [2.05, 4.69) is 26.1 Å². The van der Waals surface area contributed by atoms with Crippen LogP contribution in [0.4, 0.5) is 0 Å². The molecule has 0 radical (unpaired) electrons. The zero-order chi connectivity index (χ0) is 18.8. The zero-order valence-corrected chi connectivity index (χ0v) is 17.3. The van der Waals surface area contributed by atoms with Crippen molar-refractivity contribution in [1.82, 2.24) is 5.32 Å². The quantitative estimate of drug-likeness (QED) is 0.416. The Morgan fingerprint density at radius 1 is 1.12 bits per heavy atom. The maximum absolute atomic E-state index is 13.5. The van der Waals surface area contributed by atoms with Crippen molar-refractivity contribution in [2.24, 2.45) is 0 Å². The summed E-state index contributed by atoms with van der Waals surface area (Å²) in [6.07, 6.45) is -0.750. The van der Waals surface area contributed by atoms with Crippen LogP contribution in [0.2, 0.25) is 18.1 Å². The third-order valence-corrected chi connectivity index (χ3v) is 11.2. The highest BCUT2D eigenvalue weighted by molar-refractivity contribution is 7.10. The van der Waals surface area contributed by atoms with E-state index >= 15 is 0 Å². The molecule has 2 heterocycles. The molecule has 2 aromatic rings. The molecule has 1 aliphatic rings. The minimum atomic E-state index is -2.05. The number of hydrogen-bond donors (Lipinski definition) is 1. The lowest BCUT2D eigenvalue weighted by Crippen LogP contribution is -2.76. The predicted octanol–water partition coefficient (Wildman–Crippen LogP) is 4.35. The molecule has 0 spiro atoms. The Kier molecular flexibility index (Phi) is 5.46. The molecule has 1 amide bonds. The van der Waals surface area contributed by atoms with Gasteiger partial charge in [-0.25, -0.2) is 0 Å². The van der Waals surface area contributed by atoms with Crippen LogP contribution in [-0.2, 0) is 14.8 Å². The minimum absolute atomic E-state index is 0.101. The summed E-state index contributed by atoms with van der Waals surface area (Å²) in [4.78, 5) is 26.9. The van der Waals surface area contributed by atoms with Gasteiger partial charge in [0.25, 0.3) is 5.91 Å². The van der Waals surface area contributed by atoms with Crippen molar-refractivity contribution in [3.63, 3.8) is 0 Å². The van der Waals surface area contributed by atoms with Crippen LogP contribution in [0, 0.1) is 0 Å². The average molecular weight is 388 g/mol. The SMILES string of the molecule is CC[Si](CC)(CC)O[C@H]1C(=O)N[C@@]1(C(=O)c1ccccc1)c1cccs1. The Bertz CT molecular complexity index is 765. The first-order chi connectivity index (χ1) is 12.5. The van der Waals surface area contributed by atoms with Gasteiger partial charge in [0.2, 0.25) is 0 Å². The first-order valence-corrected chi connectivity index (χ1v) is 12.6. The molecule has 0 aliphatic carbocycles. The second-order valence-electron chi connectivity index (χ2n) is 6.71. The van der Waals surface area contributed by atoms with E-state index in [1.165, 1.54) is 11.3 Å².